The molecule has 0 unspecified atom stereocenters. The number of halogens is 2. The molecular weight excluding hydrogens is 257 g/mol. The topological polar surface area (TPSA) is 63.5 Å². The van der Waals surface area contributed by atoms with Crippen LogP contribution in [0.2, 0.25) is 5.02 Å². The van der Waals surface area contributed by atoms with Gasteiger partial charge in [0.1, 0.15) is 5.82 Å². The van der Waals surface area contributed by atoms with Crippen LogP contribution >= 0.6 is 11.6 Å². The molecule has 1 aromatic heterocycles. The molecule has 0 bridgehead atoms. The first kappa shape index (κ1) is 12.4. The van der Waals surface area contributed by atoms with Gasteiger partial charge in [0.15, 0.2) is 5.84 Å². The molecule has 4 nitrogen and oxygen atoms in total. The number of nitrogens with two attached hydrogens (primary N) is 1. The van der Waals surface area contributed by atoms with Crippen molar-refractivity contribution in [3.8, 4) is 0 Å². The lowest BCUT2D eigenvalue weighted by Crippen LogP contribution is -2.18. The van der Waals surface area contributed by atoms with Gasteiger partial charge in [-0.05, 0) is 30.3 Å². The maximum absolute atomic E-state index is 13.6. The molecule has 3 N–H and O–H groups in total. The van der Waals surface area contributed by atoms with Crippen molar-refractivity contribution in [1.29, 1.82) is 0 Å². The van der Waals surface area contributed by atoms with Crippen LogP contribution in [0.15, 0.2) is 41.7 Å². The summed E-state index contributed by atoms with van der Waals surface area (Å²) in [6.45, 7) is 0.255. The molecule has 0 fully saturated rings. The lowest BCUT2D eigenvalue weighted by atomic mass is 10.2. The highest BCUT2D eigenvalue weighted by atomic mass is 35.5. The summed E-state index contributed by atoms with van der Waals surface area (Å²) in [5, 5.41) is 12.0. The number of hydrogen-bond acceptors (Lipinski definition) is 2. The fraction of sp³-hybridized carbons (Fsp3) is 0.0833. The summed E-state index contributed by atoms with van der Waals surface area (Å²) in [6, 6.07) is 7.76. The van der Waals surface area contributed by atoms with E-state index in [9.17, 15) is 4.39 Å². The second-order valence-electron chi connectivity index (χ2n) is 3.74. The highest BCUT2D eigenvalue weighted by Crippen LogP contribution is 2.17. The summed E-state index contributed by atoms with van der Waals surface area (Å²) in [7, 11) is 0. The number of nitrogens with zero attached hydrogens (tertiary/aromatic N) is 2. The van der Waals surface area contributed by atoms with Crippen LogP contribution in [-0.4, -0.2) is 15.6 Å². The van der Waals surface area contributed by atoms with E-state index in [0.29, 0.717) is 16.3 Å². The Hall–Kier alpha value is -2.01. The molecule has 0 spiro atoms. The van der Waals surface area contributed by atoms with E-state index in [4.69, 9.17) is 22.5 Å². The first-order valence-corrected chi connectivity index (χ1v) is 5.56. The molecule has 0 amide bonds. The molecule has 1 aromatic carbocycles. The normalized spacial score (nSPS) is 11.8. The Bertz CT molecular complexity index is 595. The van der Waals surface area contributed by atoms with E-state index in [2.05, 4.69) is 5.16 Å². The zero-order chi connectivity index (χ0) is 13.1. The predicted octanol–water partition coefficient (Wildman–Crippen LogP) is 2.42. The van der Waals surface area contributed by atoms with E-state index >= 15 is 0 Å². The third kappa shape index (κ3) is 2.46. The Kier molecular flexibility index (Phi) is 3.53. The minimum Gasteiger partial charge on any atom is -0.409 e. The van der Waals surface area contributed by atoms with Crippen molar-refractivity contribution >= 4 is 17.4 Å². The van der Waals surface area contributed by atoms with Gasteiger partial charge in [-0.15, -0.1) is 0 Å². The molecule has 0 atom stereocenters. The third-order valence-corrected chi connectivity index (χ3v) is 2.78. The molecule has 0 aliphatic heterocycles. The van der Waals surface area contributed by atoms with Gasteiger partial charge in [0.2, 0.25) is 0 Å². The molecule has 1 heterocycles. The summed E-state index contributed by atoms with van der Waals surface area (Å²) >= 11 is 5.82. The first-order valence-electron chi connectivity index (χ1n) is 5.19. The maximum atomic E-state index is 13.6. The van der Waals surface area contributed by atoms with Crippen molar-refractivity contribution in [2.45, 2.75) is 6.54 Å². The number of aromatic nitrogens is 1. The van der Waals surface area contributed by atoms with Gasteiger partial charge in [-0.1, -0.05) is 16.8 Å². The standard InChI is InChI=1S/C12H11ClFN3O/c13-9-3-4-10(14)8(6-9)7-17-5-1-2-11(17)12(15)16-18/h1-6,18H,7H2,(H2,15,16). The second kappa shape index (κ2) is 5.10. The van der Waals surface area contributed by atoms with E-state index in [1.807, 2.05) is 0 Å². The van der Waals surface area contributed by atoms with Gasteiger partial charge in [0.25, 0.3) is 0 Å². The Morgan fingerprint density at radius 1 is 1.44 bits per heavy atom. The molecule has 0 saturated heterocycles. The lowest BCUT2D eigenvalue weighted by molar-refractivity contribution is 0.318. The zero-order valence-corrected chi connectivity index (χ0v) is 10.1. The van der Waals surface area contributed by atoms with Crippen LogP contribution in [0, 0.1) is 5.82 Å². The monoisotopic (exact) mass is 267 g/mol. The molecule has 94 valence electrons. The predicted molar refractivity (Wildman–Crippen MR) is 67.5 cm³/mol. The number of hydrogen-bond donors (Lipinski definition) is 2. The fourth-order valence-corrected chi connectivity index (χ4v) is 1.88. The minimum absolute atomic E-state index is 0.0255. The SMILES string of the molecule is N/C(=N/O)c1cccn1Cc1cc(Cl)ccc1F. The van der Waals surface area contributed by atoms with Gasteiger partial charge >= 0.3 is 0 Å². The first-order chi connectivity index (χ1) is 8.61. The highest BCUT2D eigenvalue weighted by molar-refractivity contribution is 6.30. The second-order valence-corrected chi connectivity index (χ2v) is 4.18. The van der Waals surface area contributed by atoms with Crippen molar-refractivity contribution in [2.75, 3.05) is 0 Å². The summed E-state index contributed by atoms with van der Waals surface area (Å²) in [6.07, 6.45) is 1.72. The Morgan fingerprint density at radius 3 is 2.94 bits per heavy atom. The van der Waals surface area contributed by atoms with Crippen molar-refractivity contribution < 1.29 is 9.60 Å². The minimum atomic E-state index is -0.349. The van der Waals surface area contributed by atoms with E-state index in [1.165, 1.54) is 12.1 Å². The molecule has 0 radical (unpaired) electrons. The van der Waals surface area contributed by atoms with Gasteiger partial charge in [-0.25, -0.2) is 4.39 Å². The average molecular weight is 268 g/mol. The van der Waals surface area contributed by atoms with Gasteiger partial charge in [-0.2, -0.15) is 0 Å². The summed E-state index contributed by atoms with van der Waals surface area (Å²) < 4.78 is 15.3. The van der Waals surface area contributed by atoms with Crippen molar-refractivity contribution in [3.63, 3.8) is 0 Å². The van der Waals surface area contributed by atoms with Crippen LogP contribution in [0.5, 0.6) is 0 Å². The molecular formula is C12H11ClFN3O. The van der Waals surface area contributed by atoms with Crippen molar-refractivity contribution in [3.05, 3.63) is 58.6 Å². The average Bonchev–Trinajstić information content (AvgIpc) is 2.81. The van der Waals surface area contributed by atoms with Crippen LogP contribution in [0.3, 0.4) is 0 Å². The largest absolute Gasteiger partial charge is 0.409 e. The van der Waals surface area contributed by atoms with Gasteiger partial charge in [-0.3, -0.25) is 0 Å². The Balaban J connectivity index is 2.35. The van der Waals surface area contributed by atoms with E-state index in [0.717, 1.165) is 0 Å². The summed E-state index contributed by atoms with van der Waals surface area (Å²) in [4.78, 5) is 0. The lowest BCUT2D eigenvalue weighted by Gasteiger charge is -2.09. The smallest absolute Gasteiger partial charge is 0.186 e. The third-order valence-electron chi connectivity index (χ3n) is 2.55. The number of amidine groups is 1. The van der Waals surface area contributed by atoms with E-state index in [1.54, 1.807) is 29.0 Å². The maximum Gasteiger partial charge on any atom is 0.186 e. The van der Waals surface area contributed by atoms with Gasteiger partial charge in [0.05, 0.1) is 12.2 Å². The molecule has 6 heteroatoms. The fourth-order valence-electron chi connectivity index (χ4n) is 1.68. The highest BCUT2D eigenvalue weighted by Gasteiger charge is 2.09. The summed E-state index contributed by atoms with van der Waals surface area (Å²) in [5.41, 5.74) is 6.47. The van der Waals surface area contributed by atoms with Crippen LogP contribution < -0.4 is 5.73 Å². The Morgan fingerprint density at radius 2 is 2.22 bits per heavy atom. The molecule has 18 heavy (non-hydrogen) atoms. The van der Waals surface area contributed by atoms with Gasteiger partial charge < -0.3 is 15.5 Å². The molecule has 0 aliphatic carbocycles. The van der Waals surface area contributed by atoms with Crippen LogP contribution in [0.4, 0.5) is 4.39 Å². The molecule has 2 rings (SSSR count). The quantitative estimate of drug-likeness (QED) is 0.388. The number of oxime groups is 1. The van der Waals surface area contributed by atoms with Crippen molar-refractivity contribution in [1.82, 2.24) is 4.57 Å². The van der Waals surface area contributed by atoms with E-state index in [-0.39, 0.29) is 18.2 Å². The zero-order valence-electron chi connectivity index (χ0n) is 9.35. The molecule has 0 aliphatic rings. The van der Waals surface area contributed by atoms with Crippen molar-refractivity contribution in [2.24, 2.45) is 10.9 Å². The Labute approximate surface area is 108 Å². The molecule has 0 saturated carbocycles. The van der Waals surface area contributed by atoms with Crippen LogP contribution in [0.1, 0.15) is 11.3 Å². The van der Waals surface area contributed by atoms with Crippen LogP contribution in [-0.2, 0) is 6.54 Å². The number of benzene rings is 1. The molecule has 2 aromatic rings. The van der Waals surface area contributed by atoms with E-state index < -0.39 is 0 Å². The van der Waals surface area contributed by atoms with Gasteiger partial charge in [0, 0.05) is 16.8 Å². The summed E-state index contributed by atoms with van der Waals surface area (Å²) in [5.74, 6) is -0.374. The van der Waals surface area contributed by atoms with Crippen LogP contribution in [0.25, 0.3) is 0 Å². The number of rotatable bonds is 3.